The van der Waals surface area contributed by atoms with Gasteiger partial charge in [-0.2, -0.15) is 36.0 Å². The van der Waals surface area contributed by atoms with Crippen molar-refractivity contribution in [1.29, 1.82) is 21.0 Å². The Bertz CT molecular complexity index is 1310. The number of carbonyl (C=O) groups excluding carboxylic acids is 2. The molecule has 0 radical (unpaired) electrons. The fourth-order valence-corrected chi connectivity index (χ4v) is 2.81. The maximum absolute atomic E-state index is 10.5. The van der Waals surface area contributed by atoms with Crippen LogP contribution in [0.2, 0.25) is 0 Å². The monoisotopic (exact) mass is 802 g/mol. The number of cyclic esters (lactones) is 2. The zero-order chi connectivity index (χ0) is 34.5. The van der Waals surface area contributed by atoms with Gasteiger partial charge < -0.3 is 77.9 Å². The van der Waals surface area contributed by atoms with Crippen LogP contribution in [0, 0.1) is 71.0 Å². The molecule has 0 aromatic heterocycles. The second-order valence-corrected chi connectivity index (χ2v) is 7.08. The summed E-state index contributed by atoms with van der Waals surface area (Å²) in [5.41, 5.74) is 0. The number of fused-ring (bicyclic) bond motifs is 3. The van der Waals surface area contributed by atoms with E-state index in [1.54, 1.807) is 6.19 Å². The van der Waals surface area contributed by atoms with Gasteiger partial charge in [0.1, 0.15) is 19.0 Å². The molecule has 0 aromatic carbocycles. The van der Waals surface area contributed by atoms with Crippen LogP contribution in [0.5, 0.6) is 0 Å². The van der Waals surface area contributed by atoms with Gasteiger partial charge in [0, 0.05) is 19.1 Å². The Morgan fingerprint density at radius 2 is 1.42 bits per heavy atom. The van der Waals surface area contributed by atoms with E-state index in [4.69, 9.17) is 61.4 Å². The molecule has 5 N–H and O–H groups in total. The van der Waals surface area contributed by atoms with E-state index in [-0.39, 0.29) is 184 Å². The van der Waals surface area contributed by atoms with Gasteiger partial charge in [-0.25, -0.2) is 10.1 Å². The van der Waals surface area contributed by atoms with E-state index < -0.39 is 38.5 Å². The van der Waals surface area contributed by atoms with Crippen molar-refractivity contribution in [3.8, 4) is 24.8 Å². The summed E-state index contributed by atoms with van der Waals surface area (Å²) in [6.07, 6.45) is 5.70. The van der Waals surface area contributed by atoms with Crippen molar-refractivity contribution in [2.24, 2.45) is 42.7 Å². The van der Waals surface area contributed by atoms with E-state index in [0.29, 0.717) is 19.0 Å². The Morgan fingerprint density at radius 3 is 1.77 bits per heavy atom. The summed E-state index contributed by atoms with van der Waals surface area (Å²) in [6, 6.07) is 2.93. The summed E-state index contributed by atoms with van der Waals surface area (Å²) in [5.74, 6) is -0.986. The van der Waals surface area contributed by atoms with E-state index in [1.165, 1.54) is 29.2 Å². The SMILES string of the molecule is CC.N#CN=C(N=C=[N-])C(CO)CO.N#CN=C(N=C=[N-])C1COC(=O)OC1.N#CN=C1C2COB(OC2)N1C#N.O=[C-]OO.[CH3-].[Ca+2].[Ca+2].[Na+].[Na+].[OH-].[OH-]. The molecule has 0 spiro atoms. The number of nitriles is 4. The summed E-state index contributed by atoms with van der Waals surface area (Å²) in [5, 5.41) is 74.2. The first-order chi connectivity index (χ1) is 21.8. The minimum absolute atomic E-state index is 0. The first kappa shape index (κ1) is 71.9. The number of rotatable bonds is 5. The van der Waals surface area contributed by atoms with Gasteiger partial charge in [0.25, 0.3) is 0 Å². The van der Waals surface area contributed by atoms with Gasteiger partial charge in [0.05, 0.1) is 36.7 Å². The number of aliphatic hydroxyl groups is 2. The van der Waals surface area contributed by atoms with E-state index >= 15 is 0 Å². The van der Waals surface area contributed by atoms with Gasteiger partial charge in [0.15, 0.2) is 6.19 Å². The molecule has 52 heavy (non-hydrogen) atoms. The molecule has 0 aromatic rings. The van der Waals surface area contributed by atoms with Crippen molar-refractivity contribution in [1.82, 2.24) is 4.81 Å². The fraction of sp³-hybridized carbons (Fsp3) is 0.478. The Hall–Kier alpha value is -1.43. The third-order valence-corrected chi connectivity index (χ3v) is 4.65. The first-order valence-electron chi connectivity index (χ1n) is 12.1. The van der Waals surface area contributed by atoms with Gasteiger partial charge in [-0.05, 0) is 6.47 Å². The van der Waals surface area contributed by atoms with E-state index in [0.717, 1.165) is 6.47 Å². The minimum atomic E-state index is -0.769. The van der Waals surface area contributed by atoms with Crippen molar-refractivity contribution < 1.29 is 119 Å². The zero-order valence-corrected chi connectivity index (χ0v) is 37.3. The zero-order valence-electron chi connectivity index (χ0n) is 28.9. The van der Waals surface area contributed by atoms with Gasteiger partial charge in [0.2, 0.25) is 18.6 Å². The largest absolute Gasteiger partial charge is 2.00 e. The summed E-state index contributed by atoms with van der Waals surface area (Å²) in [7, 11) is -0.693. The van der Waals surface area contributed by atoms with Crippen molar-refractivity contribution in [3.05, 3.63) is 18.2 Å². The quantitative estimate of drug-likeness (QED) is 0.0340. The number of hydrogen-bond acceptors (Lipinski definition) is 19. The molecule has 4 heterocycles. The van der Waals surface area contributed by atoms with Crippen LogP contribution in [0.3, 0.4) is 0 Å². The molecule has 4 aliphatic heterocycles. The number of ether oxygens (including phenoxy) is 2. The molecule has 2 bridgehead atoms. The van der Waals surface area contributed by atoms with Gasteiger partial charge in [-0.3, -0.25) is 4.81 Å². The number of hydrogen-bond donors (Lipinski definition) is 3. The maximum atomic E-state index is 10.5. The molecule has 4 fully saturated rings. The Morgan fingerprint density at radius 1 is 0.962 bits per heavy atom. The summed E-state index contributed by atoms with van der Waals surface area (Å²) in [6.45, 7) is 4.89. The van der Waals surface area contributed by atoms with Crippen molar-refractivity contribution in [2.45, 2.75) is 13.8 Å². The Balaban J connectivity index is -0.0000000666. The van der Waals surface area contributed by atoms with Crippen LogP contribution in [0.1, 0.15) is 13.8 Å². The third kappa shape index (κ3) is 30.0. The minimum Gasteiger partial charge on any atom is -0.870 e. The normalized spacial score (nSPS) is 13.8. The van der Waals surface area contributed by atoms with E-state index in [1.807, 2.05) is 20.0 Å². The third-order valence-electron chi connectivity index (χ3n) is 4.65. The summed E-state index contributed by atoms with van der Waals surface area (Å²) < 4.78 is 19.4. The van der Waals surface area contributed by atoms with Crippen LogP contribution in [-0.4, -0.2) is 196 Å². The number of aliphatic imine (C=N–C) groups is 5. The molecule has 262 valence electrons. The number of carbonyl (C=O) groups is 1. The van der Waals surface area contributed by atoms with Crippen molar-refractivity contribution in [3.63, 3.8) is 0 Å². The van der Waals surface area contributed by atoms with Gasteiger partial charge >= 0.3 is 148 Å². The number of amidine groups is 3. The molecule has 4 saturated heterocycles. The van der Waals surface area contributed by atoms with Gasteiger partial charge in [-0.1, -0.05) is 13.8 Å². The van der Waals surface area contributed by atoms with Crippen LogP contribution in [0.15, 0.2) is 25.0 Å². The molecular formula is C23H29BCa2N12Na2O12. The maximum Gasteiger partial charge on any atom is 2.00 e. The summed E-state index contributed by atoms with van der Waals surface area (Å²) >= 11 is 0. The molecule has 0 amide bonds. The second kappa shape index (κ2) is 49.6. The molecule has 0 unspecified atom stereocenters. The van der Waals surface area contributed by atoms with Gasteiger partial charge in [-0.15, -0.1) is 12.0 Å². The second-order valence-electron chi connectivity index (χ2n) is 7.08. The summed E-state index contributed by atoms with van der Waals surface area (Å²) in [4.78, 5) is 39.6. The van der Waals surface area contributed by atoms with Crippen LogP contribution in [0.25, 0.3) is 10.8 Å². The average Bonchev–Trinajstić information content (AvgIpc) is 3.08. The first-order valence-corrected chi connectivity index (χ1v) is 12.1. The standard InChI is InChI=1S/C7H5N4O3.C6H5BN4O2.C6H7N4O2.C2H6.CHO3.CH3.2Ca.2Na.2H2O/c8-3-10-6(11-4-9)5-1-13-7(12)14-2-5;8-3-10-6-5-1-12-7(13-2-5)11(6)4-9;7-3-9-6(10-4-8)5(1-11)2-12;1-2;2-1-4-3;;;;;;;/h5H,1-2H2;5H,1-2H2;5,11-12H,1-2H2;1-2H3;3H;1H3;;;;;2*1H2/q-1;;-1;;2*-1;2*+2;2*+1;;/p-2. The predicted molar refractivity (Wildman–Crippen MR) is 170 cm³/mol. The molecule has 0 aliphatic carbocycles. The van der Waals surface area contributed by atoms with E-state index in [9.17, 15) is 4.79 Å². The number of nitrogens with zero attached hydrogens (tertiary/aromatic N) is 12. The Labute approximate surface area is 403 Å². The van der Waals surface area contributed by atoms with Crippen LogP contribution >= 0.6 is 0 Å². The average molecular weight is 803 g/mol. The van der Waals surface area contributed by atoms with Crippen molar-refractivity contribution in [2.75, 3.05) is 39.6 Å². The molecule has 29 heteroatoms. The van der Waals surface area contributed by atoms with Crippen molar-refractivity contribution >= 4 is 125 Å². The number of aliphatic hydroxyl groups excluding tert-OH is 2. The topological polar surface area (TPSA) is 406 Å². The van der Waals surface area contributed by atoms with Crippen LogP contribution < -0.4 is 59.1 Å². The van der Waals surface area contributed by atoms with Crippen LogP contribution in [0.4, 0.5) is 4.79 Å². The van der Waals surface area contributed by atoms with Crippen LogP contribution in [-0.2, 0) is 28.5 Å². The molecular weight excluding hydrogens is 773 g/mol. The predicted octanol–water partition coefficient (Wildman–Crippen LogP) is -7.17. The molecule has 0 atom stereocenters. The smallest absolute Gasteiger partial charge is 0.870 e. The molecule has 4 rings (SSSR count). The Kier molecular flexibility index (Phi) is 68.6. The molecule has 0 saturated carbocycles. The molecule has 4 aliphatic rings. The fourth-order valence-electron chi connectivity index (χ4n) is 2.81. The van der Waals surface area contributed by atoms with E-state index in [2.05, 4.69) is 39.3 Å². The molecule has 24 nitrogen and oxygen atoms in total.